The van der Waals surface area contributed by atoms with Crippen LogP contribution in [0.25, 0.3) is 0 Å². The highest BCUT2D eigenvalue weighted by atomic mass is 35.5. The number of likely N-dealkylation sites (tertiary alicyclic amines) is 1. The maximum atomic E-state index is 16.0. The van der Waals surface area contributed by atoms with Crippen LogP contribution in [0.3, 0.4) is 0 Å². The van der Waals surface area contributed by atoms with Gasteiger partial charge in [0.05, 0.1) is 23.1 Å². The van der Waals surface area contributed by atoms with Crippen molar-refractivity contribution in [1.29, 1.82) is 0 Å². The Morgan fingerprint density at radius 2 is 1.91 bits per heavy atom. The van der Waals surface area contributed by atoms with E-state index in [9.17, 15) is 14.4 Å². The number of benzene rings is 3. The van der Waals surface area contributed by atoms with E-state index in [4.69, 9.17) is 27.9 Å². The summed E-state index contributed by atoms with van der Waals surface area (Å²) in [4.78, 5) is 45.4. The zero-order valence-electron chi connectivity index (χ0n) is 24.4. The van der Waals surface area contributed by atoms with E-state index in [2.05, 4.69) is 10.2 Å². The van der Waals surface area contributed by atoms with Crippen LogP contribution in [0.1, 0.15) is 52.7 Å². The molecule has 7 rings (SSSR count). The first-order valence-electron chi connectivity index (χ1n) is 15.0. The molecule has 0 bridgehead atoms. The quantitative estimate of drug-likeness (QED) is 0.318. The number of halogens is 3. The minimum Gasteiger partial charge on any atom is -0.462 e. The maximum Gasteiger partial charge on any atom is 0.338 e. The van der Waals surface area contributed by atoms with Crippen LogP contribution in [0.15, 0.2) is 54.6 Å². The zero-order valence-corrected chi connectivity index (χ0v) is 25.9. The molecule has 3 heterocycles. The van der Waals surface area contributed by atoms with Gasteiger partial charge in [-0.1, -0.05) is 41.4 Å². The van der Waals surface area contributed by atoms with Gasteiger partial charge < -0.3 is 15.0 Å². The molecule has 4 aliphatic rings. The van der Waals surface area contributed by atoms with Crippen molar-refractivity contribution >= 4 is 52.4 Å². The number of esters is 1. The summed E-state index contributed by atoms with van der Waals surface area (Å²) in [6.45, 7) is 4.78. The number of fused-ring (bicyclic) bond motifs is 2. The standard InChI is InChI=1S/C34H32Cl2FN3O4/c1-3-44-32(42)23-12-11-22(13-18(23)2)39-17-27-28(31(39)41)29(24-5-4-6-25(36)30(24)37)34(40(27)16-19-7-8-19)15-20-9-10-21(35)14-26(20)38-33(34)43/h4-6,9-14,19,27-29H,3,7-8,15-17H2,1-2H3,(H,38,43)/t27-,28+,29-,34+/m0/s1. The summed E-state index contributed by atoms with van der Waals surface area (Å²) in [5, 5.41) is 3.54. The summed E-state index contributed by atoms with van der Waals surface area (Å²) in [6.07, 6.45) is 2.39. The van der Waals surface area contributed by atoms with Gasteiger partial charge in [-0.15, -0.1) is 0 Å². The van der Waals surface area contributed by atoms with Crippen LogP contribution in [0.2, 0.25) is 10.0 Å². The van der Waals surface area contributed by atoms with E-state index in [1.54, 1.807) is 48.2 Å². The van der Waals surface area contributed by atoms with Gasteiger partial charge >= 0.3 is 5.97 Å². The van der Waals surface area contributed by atoms with Gasteiger partial charge in [0.25, 0.3) is 0 Å². The number of ether oxygens (including phenoxy) is 1. The largest absolute Gasteiger partial charge is 0.462 e. The number of hydrogen-bond donors (Lipinski definition) is 1. The van der Waals surface area contributed by atoms with Crippen LogP contribution >= 0.6 is 23.2 Å². The second kappa shape index (κ2) is 10.9. The Kier molecular flexibility index (Phi) is 7.22. The molecule has 1 saturated carbocycles. The molecule has 0 unspecified atom stereocenters. The number of rotatable bonds is 6. The van der Waals surface area contributed by atoms with Crippen molar-refractivity contribution < 1.29 is 23.5 Å². The molecular formula is C34H32Cl2FN3O4. The lowest BCUT2D eigenvalue weighted by Crippen LogP contribution is -2.62. The summed E-state index contributed by atoms with van der Waals surface area (Å²) in [7, 11) is 0. The van der Waals surface area contributed by atoms with E-state index in [1.165, 1.54) is 6.07 Å². The van der Waals surface area contributed by atoms with Gasteiger partial charge in [-0.05, 0) is 85.7 Å². The van der Waals surface area contributed by atoms with Crippen LogP contribution in [-0.4, -0.2) is 54.0 Å². The lowest BCUT2D eigenvalue weighted by Gasteiger charge is -2.46. The van der Waals surface area contributed by atoms with E-state index in [1.807, 2.05) is 19.1 Å². The summed E-state index contributed by atoms with van der Waals surface area (Å²) < 4.78 is 21.2. The van der Waals surface area contributed by atoms with Crippen molar-refractivity contribution in [3.05, 3.63) is 92.7 Å². The number of amides is 2. The van der Waals surface area contributed by atoms with E-state index in [0.29, 0.717) is 53.0 Å². The van der Waals surface area contributed by atoms with Gasteiger partial charge in [0.1, 0.15) is 11.4 Å². The van der Waals surface area contributed by atoms with Gasteiger partial charge in [-0.25, -0.2) is 9.18 Å². The predicted molar refractivity (Wildman–Crippen MR) is 167 cm³/mol. The third-order valence-corrected chi connectivity index (χ3v) is 10.3. The van der Waals surface area contributed by atoms with Crippen molar-refractivity contribution in [3.63, 3.8) is 0 Å². The average Bonchev–Trinajstić information content (AvgIpc) is 3.70. The number of hydrogen-bond acceptors (Lipinski definition) is 5. The Morgan fingerprint density at radius 3 is 2.64 bits per heavy atom. The first-order chi connectivity index (χ1) is 21.1. The third kappa shape index (κ3) is 4.53. The van der Waals surface area contributed by atoms with Gasteiger partial charge in [0, 0.05) is 47.9 Å². The fourth-order valence-electron chi connectivity index (χ4n) is 7.64. The number of carbonyl (C=O) groups excluding carboxylic acids is 3. The van der Waals surface area contributed by atoms with Crippen LogP contribution in [0.4, 0.5) is 15.8 Å². The molecule has 2 saturated heterocycles. The fraction of sp³-hybridized carbons (Fsp3) is 0.382. The van der Waals surface area contributed by atoms with Crippen molar-refractivity contribution in [2.24, 2.45) is 11.8 Å². The Hall–Kier alpha value is -3.46. The van der Waals surface area contributed by atoms with Crippen LogP contribution in [0.5, 0.6) is 0 Å². The Morgan fingerprint density at radius 1 is 1.11 bits per heavy atom. The molecule has 228 valence electrons. The highest BCUT2D eigenvalue weighted by Gasteiger charge is 2.69. The van der Waals surface area contributed by atoms with Gasteiger partial charge in [-0.3, -0.25) is 14.5 Å². The Labute approximate surface area is 265 Å². The molecule has 3 aromatic rings. The van der Waals surface area contributed by atoms with Crippen molar-refractivity contribution in [3.8, 4) is 0 Å². The fourth-order valence-corrected chi connectivity index (χ4v) is 8.00. The van der Waals surface area contributed by atoms with Crippen molar-refractivity contribution in [2.75, 3.05) is 29.9 Å². The summed E-state index contributed by atoms with van der Waals surface area (Å²) in [5.74, 6) is -2.58. The van der Waals surface area contributed by atoms with Crippen LogP contribution < -0.4 is 10.2 Å². The van der Waals surface area contributed by atoms with Gasteiger partial charge in [-0.2, -0.15) is 0 Å². The lowest BCUT2D eigenvalue weighted by molar-refractivity contribution is -0.129. The number of aryl methyl sites for hydroxylation is 1. The zero-order chi connectivity index (χ0) is 30.9. The second-order valence-electron chi connectivity index (χ2n) is 12.3. The summed E-state index contributed by atoms with van der Waals surface area (Å²) in [6, 6.07) is 15.1. The molecule has 3 fully saturated rings. The molecule has 2 amide bonds. The molecule has 1 aliphatic carbocycles. The topological polar surface area (TPSA) is 79.0 Å². The number of anilines is 2. The summed E-state index contributed by atoms with van der Waals surface area (Å²) in [5.41, 5.74) is 2.35. The molecule has 1 N–H and O–H groups in total. The molecule has 44 heavy (non-hydrogen) atoms. The molecule has 4 atom stereocenters. The highest BCUT2D eigenvalue weighted by molar-refractivity contribution is 6.31. The minimum absolute atomic E-state index is 0.0503. The van der Waals surface area contributed by atoms with E-state index >= 15 is 4.39 Å². The molecule has 0 radical (unpaired) electrons. The van der Waals surface area contributed by atoms with Crippen molar-refractivity contribution in [2.45, 2.75) is 50.6 Å². The Balaban J connectivity index is 1.36. The highest BCUT2D eigenvalue weighted by Crippen LogP contribution is 2.58. The molecule has 7 nitrogen and oxygen atoms in total. The molecule has 10 heteroatoms. The summed E-state index contributed by atoms with van der Waals surface area (Å²) >= 11 is 12.6. The van der Waals surface area contributed by atoms with Crippen LogP contribution in [-0.2, 0) is 20.7 Å². The van der Waals surface area contributed by atoms with E-state index in [-0.39, 0.29) is 35.0 Å². The monoisotopic (exact) mass is 635 g/mol. The smallest absolute Gasteiger partial charge is 0.338 e. The van der Waals surface area contributed by atoms with E-state index in [0.717, 1.165) is 18.4 Å². The first-order valence-corrected chi connectivity index (χ1v) is 15.8. The van der Waals surface area contributed by atoms with Gasteiger partial charge in [0.2, 0.25) is 11.8 Å². The van der Waals surface area contributed by atoms with Crippen molar-refractivity contribution in [1.82, 2.24) is 4.90 Å². The number of nitrogens with zero attached hydrogens (tertiary/aromatic N) is 2. The normalized spacial score (nSPS) is 26.1. The minimum atomic E-state index is -1.21. The first kappa shape index (κ1) is 29.3. The van der Waals surface area contributed by atoms with E-state index < -0.39 is 29.2 Å². The predicted octanol–water partition coefficient (Wildman–Crippen LogP) is 6.39. The molecular weight excluding hydrogens is 604 g/mol. The lowest BCUT2D eigenvalue weighted by atomic mass is 9.69. The molecule has 0 aromatic heterocycles. The maximum absolute atomic E-state index is 16.0. The molecule has 3 aromatic carbocycles. The number of carbonyl (C=O) groups is 3. The third-order valence-electron chi connectivity index (χ3n) is 9.78. The second-order valence-corrected chi connectivity index (χ2v) is 13.2. The van der Waals surface area contributed by atoms with Gasteiger partial charge in [0.15, 0.2) is 0 Å². The SMILES string of the molecule is CCOC(=O)c1ccc(N2C[C@H]3[C@@H](C2=O)[C@H](c2cccc(Cl)c2F)[C@@]2(Cc4ccc(Cl)cc4NC2=O)N3CC2CC2)cc1C. The Bertz CT molecular complexity index is 1710. The molecule has 1 spiro atoms. The number of nitrogens with one attached hydrogen (secondary N) is 1. The average molecular weight is 637 g/mol. The van der Waals surface area contributed by atoms with Crippen LogP contribution in [0, 0.1) is 24.6 Å². The molecule has 3 aliphatic heterocycles.